The molecule has 0 aromatic carbocycles. The van der Waals surface area contributed by atoms with E-state index in [9.17, 15) is 4.79 Å². The van der Waals surface area contributed by atoms with Gasteiger partial charge in [0.25, 0.3) is 0 Å². The molecule has 1 saturated heterocycles. The van der Waals surface area contributed by atoms with E-state index < -0.39 is 0 Å². The van der Waals surface area contributed by atoms with Crippen LogP contribution in [0.3, 0.4) is 0 Å². The van der Waals surface area contributed by atoms with E-state index in [-0.39, 0.29) is 11.8 Å². The molecule has 86 valence electrons. The van der Waals surface area contributed by atoms with Gasteiger partial charge >= 0.3 is 0 Å². The highest BCUT2D eigenvalue weighted by molar-refractivity contribution is 5.81. The van der Waals surface area contributed by atoms with Crippen molar-refractivity contribution in [1.82, 2.24) is 9.88 Å². The number of carbonyl (C=O) groups is 1. The first-order chi connectivity index (χ1) is 7.58. The van der Waals surface area contributed by atoms with E-state index in [2.05, 4.69) is 9.88 Å². The van der Waals surface area contributed by atoms with Gasteiger partial charge in [0.05, 0.1) is 5.92 Å². The third-order valence-electron chi connectivity index (χ3n) is 2.89. The number of rotatable bonds is 2. The van der Waals surface area contributed by atoms with Crippen molar-refractivity contribution in [2.45, 2.75) is 6.92 Å². The average Bonchev–Trinajstić information content (AvgIpc) is 2.18. The average molecular weight is 219 g/mol. The minimum atomic E-state index is 0.137. The van der Waals surface area contributed by atoms with Gasteiger partial charge in [0, 0.05) is 33.4 Å². The zero-order valence-corrected chi connectivity index (χ0v) is 9.97. The third kappa shape index (κ3) is 2.01. The monoisotopic (exact) mass is 219 g/mol. The van der Waals surface area contributed by atoms with E-state index in [4.69, 9.17) is 0 Å². The van der Waals surface area contributed by atoms with Crippen molar-refractivity contribution in [2.75, 3.05) is 32.1 Å². The number of nitrogens with zero attached hydrogens (tertiary/aromatic N) is 3. The molecular weight excluding hydrogens is 202 g/mol. The van der Waals surface area contributed by atoms with E-state index in [1.165, 1.54) is 0 Å². The Bertz CT molecular complexity index is 380. The van der Waals surface area contributed by atoms with Crippen LogP contribution < -0.4 is 4.90 Å². The van der Waals surface area contributed by atoms with Crippen LogP contribution in [0.2, 0.25) is 0 Å². The molecule has 16 heavy (non-hydrogen) atoms. The zero-order valence-electron chi connectivity index (χ0n) is 9.97. The molecule has 4 heteroatoms. The normalized spacial score (nSPS) is 15.8. The highest BCUT2D eigenvalue weighted by Gasteiger charge is 2.34. The van der Waals surface area contributed by atoms with Crippen molar-refractivity contribution in [1.29, 1.82) is 0 Å². The Morgan fingerprint density at radius 1 is 1.44 bits per heavy atom. The highest BCUT2D eigenvalue weighted by atomic mass is 16.2. The number of anilines is 1. The number of pyridine rings is 1. The Kier molecular flexibility index (Phi) is 2.81. The fourth-order valence-electron chi connectivity index (χ4n) is 1.83. The Balaban J connectivity index is 1.93. The van der Waals surface area contributed by atoms with Gasteiger partial charge in [-0.15, -0.1) is 0 Å². The first-order valence-electron chi connectivity index (χ1n) is 5.46. The molecule has 1 aromatic heterocycles. The van der Waals surface area contributed by atoms with Crippen LogP contribution in [-0.4, -0.2) is 43.0 Å². The lowest BCUT2D eigenvalue weighted by Crippen LogP contribution is -2.53. The molecule has 0 aliphatic carbocycles. The molecule has 0 spiro atoms. The van der Waals surface area contributed by atoms with Crippen molar-refractivity contribution in [3.05, 3.63) is 23.9 Å². The van der Waals surface area contributed by atoms with Crippen LogP contribution >= 0.6 is 0 Å². The molecule has 1 aromatic rings. The van der Waals surface area contributed by atoms with Gasteiger partial charge in [-0.1, -0.05) is 6.07 Å². The SMILES string of the molecule is Cc1ccc(N2CC(C(=O)N(C)C)C2)nc1. The van der Waals surface area contributed by atoms with Gasteiger partial charge in [0.1, 0.15) is 5.82 Å². The molecule has 1 amide bonds. The van der Waals surface area contributed by atoms with Crippen LogP contribution in [0.5, 0.6) is 0 Å². The Labute approximate surface area is 95.9 Å². The number of aromatic nitrogens is 1. The second-order valence-electron chi connectivity index (χ2n) is 4.53. The highest BCUT2D eigenvalue weighted by Crippen LogP contribution is 2.23. The topological polar surface area (TPSA) is 36.4 Å². The van der Waals surface area contributed by atoms with E-state index >= 15 is 0 Å². The van der Waals surface area contributed by atoms with E-state index in [0.717, 1.165) is 24.5 Å². The van der Waals surface area contributed by atoms with Crippen LogP contribution in [-0.2, 0) is 4.79 Å². The van der Waals surface area contributed by atoms with Crippen molar-refractivity contribution in [2.24, 2.45) is 5.92 Å². The second kappa shape index (κ2) is 4.12. The van der Waals surface area contributed by atoms with Crippen LogP contribution in [0.25, 0.3) is 0 Å². The fraction of sp³-hybridized carbons (Fsp3) is 0.500. The predicted octanol–water partition coefficient (Wildman–Crippen LogP) is 0.914. The maximum Gasteiger partial charge on any atom is 0.228 e. The largest absolute Gasteiger partial charge is 0.355 e. The summed E-state index contributed by atoms with van der Waals surface area (Å²) in [7, 11) is 3.60. The molecule has 1 aliphatic heterocycles. The van der Waals surface area contributed by atoms with E-state index in [1.807, 2.05) is 25.3 Å². The summed E-state index contributed by atoms with van der Waals surface area (Å²) in [5.41, 5.74) is 1.16. The molecule has 2 rings (SSSR count). The standard InChI is InChI=1S/C12H17N3O/c1-9-4-5-11(13-6-9)15-7-10(8-15)12(16)14(2)3/h4-6,10H,7-8H2,1-3H3. The minimum absolute atomic E-state index is 0.137. The van der Waals surface area contributed by atoms with Gasteiger partial charge < -0.3 is 9.80 Å². The summed E-state index contributed by atoms with van der Waals surface area (Å²) in [5, 5.41) is 0. The van der Waals surface area contributed by atoms with Gasteiger partial charge in [0.2, 0.25) is 5.91 Å². The molecule has 0 radical (unpaired) electrons. The van der Waals surface area contributed by atoms with Crippen LogP contribution in [0.15, 0.2) is 18.3 Å². The molecule has 0 unspecified atom stereocenters. The first-order valence-corrected chi connectivity index (χ1v) is 5.46. The van der Waals surface area contributed by atoms with E-state index in [0.29, 0.717) is 0 Å². The van der Waals surface area contributed by atoms with Crippen molar-refractivity contribution < 1.29 is 4.79 Å². The van der Waals surface area contributed by atoms with Crippen molar-refractivity contribution >= 4 is 11.7 Å². The van der Waals surface area contributed by atoms with Crippen LogP contribution in [0.1, 0.15) is 5.56 Å². The Morgan fingerprint density at radius 2 is 2.12 bits per heavy atom. The lowest BCUT2D eigenvalue weighted by molar-refractivity contribution is -0.133. The molecule has 0 bridgehead atoms. The van der Waals surface area contributed by atoms with Crippen molar-refractivity contribution in [3.63, 3.8) is 0 Å². The molecule has 0 N–H and O–H groups in total. The lowest BCUT2D eigenvalue weighted by atomic mass is 9.99. The molecule has 2 heterocycles. The van der Waals surface area contributed by atoms with Gasteiger partial charge in [-0.05, 0) is 18.6 Å². The number of hydrogen-bond donors (Lipinski definition) is 0. The Hall–Kier alpha value is -1.58. The summed E-state index contributed by atoms with van der Waals surface area (Å²) < 4.78 is 0. The molecular formula is C12H17N3O. The predicted molar refractivity (Wildman–Crippen MR) is 63.4 cm³/mol. The summed E-state index contributed by atoms with van der Waals surface area (Å²) in [4.78, 5) is 19.8. The fourth-order valence-corrected chi connectivity index (χ4v) is 1.83. The molecule has 1 fully saturated rings. The zero-order chi connectivity index (χ0) is 11.7. The van der Waals surface area contributed by atoms with Crippen LogP contribution in [0, 0.1) is 12.8 Å². The summed E-state index contributed by atoms with van der Waals surface area (Å²) in [6.45, 7) is 3.59. The number of aryl methyl sites for hydroxylation is 1. The minimum Gasteiger partial charge on any atom is -0.355 e. The molecule has 0 atom stereocenters. The first kappa shape index (κ1) is 10.9. The van der Waals surface area contributed by atoms with E-state index in [1.54, 1.807) is 19.0 Å². The summed E-state index contributed by atoms with van der Waals surface area (Å²) >= 11 is 0. The third-order valence-corrected chi connectivity index (χ3v) is 2.89. The number of hydrogen-bond acceptors (Lipinski definition) is 3. The van der Waals surface area contributed by atoms with Gasteiger partial charge in [0.15, 0.2) is 0 Å². The second-order valence-corrected chi connectivity index (χ2v) is 4.53. The van der Waals surface area contributed by atoms with Crippen molar-refractivity contribution in [3.8, 4) is 0 Å². The maximum absolute atomic E-state index is 11.6. The molecule has 4 nitrogen and oxygen atoms in total. The summed E-state index contributed by atoms with van der Waals surface area (Å²) in [5.74, 6) is 1.31. The van der Waals surface area contributed by atoms with Gasteiger partial charge in [-0.25, -0.2) is 4.98 Å². The summed E-state index contributed by atoms with van der Waals surface area (Å²) in [6.07, 6.45) is 1.86. The van der Waals surface area contributed by atoms with Gasteiger partial charge in [-0.2, -0.15) is 0 Å². The molecule has 0 saturated carbocycles. The molecule has 1 aliphatic rings. The quantitative estimate of drug-likeness (QED) is 0.742. The number of amides is 1. The summed E-state index contributed by atoms with van der Waals surface area (Å²) in [6, 6.07) is 4.05. The maximum atomic E-state index is 11.6. The van der Waals surface area contributed by atoms with Gasteiger partial charge in [-0.3, -0.25) is 4.79 Å². The lowest BCUT2D eigenvalue weighted by Gasteiger charge is -2.40. The van der Waals surface area contributed by atoms with Crippen LogP contribution in [0.4, 0.5) is 5.82 Å². The number of carbonyl (C=O) groups excluding carboxylic acids is 1. The Morgan fingerprint density at radius 3 is 2.62 bits per heavy atom. The smallest absolute Gasteiger partial charge is 0.228 e.